The van der Waals surface area contributed by atoms with Gasteiger partial charge in [-0.3, -0.25) is 9.59 Å². The minimum atomic E-state index is -0.250. The smallest absolute Gasteiger partial charge is 0.312 e. The molecule has 8 rings (SSSR count). The number of allylic oxidation sites excluding steroid dienone is 5. The second-order valence-electron chi connectivity index (χ2n) is 20.4. The predicted molar refractivity (Wildman–Crippen MR) is 212 cm³/mol. The molecule has 0 aromatic heterocycles. The van der Waals surface area contributed by atoms with E-state index in [1.807, 2.05) is 0 Å². The molecule has 0 amide bonds. The number of esters is 1. The van der Waals surface area contributed by atoms with E-state index in [0.717, 1.165) is 50.0 Å². The van der Waals surface area contributed by atoms with E-state index in [1.165, 1.54) is 102 Å². The fourth-order valence-electron chi connectivity index (χ4n) is 15.4. The van der Waals surface area contributed by atoms with Crippen molar-refractivity contribution in [1.82, 2.24) is 10.2 Å². The van der Waals surface area contributed by atoms with Crippen LogP contribution in [-0.2, 0) is 14.3 Å². The molecule has 6 fully saturated rings. The third-order valence-corrected chi connectivity index (χ3v) is 18.2. The first-order valence-electron chi connectivity index (χ1n) is 21.5. The van der Waals surface area contributed by atoms with Gasteiger partial charge in [-0.15, -0.1) is 0 Å². The lowest BCUT2D eigenvalue weighted by Crippen LogP contribution is -2.68. The Morgan fingerprint density at radius 3 is 2.35 bits per heavy atom. The summed E-state index contributed by atoms with van der Waals surface area (Å²) < 4.78 is 5.45. The molecule has 2 N–H and O–H groups in total. The Balaban J connectivity index is 0.00000116. The molecule has 1 unspecified atom stereocenters. The van der Waals surface area contributed by atoms with E-state index >= 15 is 0 Å². The van der Waals surface area contributed by atoms with Crippen LogP contribution < -0.4 is 5.32 Å². The number of carbonyl (C=O) groups is 2. The van der Waals surface area contributed by atoms with Crippen molar-refractivity contribution in [2.75, 3.05) is 32.8 Å². The van der Waals surface area contributed by atoms with Gasteiger partial charge in [0, 0.05) is 20.1 Å². The van der Waals surface area contributed by atoms with E-state index < -0.39 is 0 Å². The second-order valence-corrected chi connectivity index (χ2v) is 20.4. The molecule has 2 aliphatic heterocycles. The van der Waals surface area contributed by atoms with Crippen molar-refractivity contribution in [1.29, 1.82) is 0 Å². The summed E-state index contributed by atoms with van der Waals surface area (Å²) in [4.78, 5) is 23.7. The van der Waals surface area contributed by atoms with Crippen LogP contribution in [0.15, 0.2) is 35.5 Å². The van der Waals surface area contributed by atoms with Crippen LogP contribution in [0.25, 0.3) is 0 Å². The van der Waals surface area contributed by atoms with Gasteiger partial charge >= 0.3 is 5.97 Å². The molecule has 292 valence electrons. The highest BCUT2D eigenvalue weighted by atomic mass is 16.5. The third-order valence-electron chi connectivity index (χ3n) is 18.2. The van der Waals surface area contributed by atoms with E-state index in [1.54, 1.807) is 11.1 Å². The number of nitrogens with one attached hydrogen (secondary N) is 1. The quantitative estimate of drug-likeness (QED) is 0.162. The summed E-state index contributed by atoms with van der Waals surface area (Å²) in [5.74, 6) is 3.74. The normalized spacial score (nSPS) is 45.2. The van der Waals surface area contributed by atoms with Crippen molar-refractivity contribution >= 4 is 12.4 Å². The molecule has 4 saturated carbocycles. The molecule has 6 nitrogen and oxygen atoms in total. The first-order valence-corrected chi connectivity index (χ1v) is 21.5. The number of piperidine rings is 1. The molecule has 0 bridgehead atoms. The Kier molecular flexibility index (Phi) is 10.3. The van der Waals surface area contributed by atoms with Gasteiger partial charge in [0.15, 0.2) is 0 Å². The number of nitrogens with zero attached hydrogens (tertiary/aromatic N) is 1. The van der Waals surface area contributed by atoms with Gasteiger partial charge in [-0.25, -0.2) is 0 Å². The van der Waals surface area contributed by atoms with E-state index in [9.17, 15) is 4.79 Å². The lowest BCUT2D eigenvalue weighted by atomic mass is 9.33. The maximum absolute atomic E-state index is 12.6. The zero-order chi connectivity index (χ0) is 37.2. The Morgan fingerprint density at radius 1 is 0.942 bits per heavy atom. The summed E-state index contributed by atoms with van der Waals surface area (Å²) in [6.45, 7) is 25.9. The fraction of sp³-hybridized carbons (Fsp3) is 0.826. The van der Waals surface area contributed by atoms with Gasteiger partial charge in [-0.1, -0.05) is 65.3 Å². The highest BCUT2D eigenvalue weighted by molar-refractivity contribution is 5.79. The number of cyclic esters (lactones) is 1. The lowest BCUT2D eigenvalue weighted by molar-refractivity contribution is -0.221. The van der Waals surface area contributed by atoms with Gasteiger partial charge in [0.25, 0.3) is 6.47 Å². The molecular weight excluding hydrogens is 645 g/mol. The molecule has 52 heavy (non-hydrogen) atoms. The van der Waals surface area contributed by atoms with Gasteiger partial charge in [-0.2, -0.15) is 0 Å². The second kappa shape index (κ2) is 14.0. The summed E-state index contributed by atoms with van der Waals surface area (Å²) in [5.41, 5.74) is 5.95. The SMILES string of the molecule is C=C(C)[C@@H]1CC[C@]2(NCCN3CCCCC3)CC[C@]3(C)[C@H](CC[C@@H]4[C@@]5(C)CC=C(C6=CCC7(CCOC7=O)CC6)C(C)(C)[C@@H]5CC[C@]43C)[C@@H]12.O=CO.[HH]. The minimum Gasteiger partial charge on any atom is -0.483 e. The van der Waals surface area contributed by atoms with E-state index in [0.29, 0.717) is 40.2 Å². The number of likely N-dealkylation sites (tertiary alicyclic amines) is 1. The van der Waals surface area contributed by atoms with Crippen LogP contribution in [-0.4, -0.2) is 60.8 Å². The molecule has 1 spiro atoms. The number of hydrogen-bond donors (Lipinski definition) is 2. The number of fused-ring (bicyclic) bond motifs is 7. The van der Waals surface area contributed by atoms with E-state index in [-0.39, 0.29) is 24.7 Å². The van der Waals surface area contributed by atoms with Gasteiger partial charge < -0.3 is 20.1 Å². The molecule has 2 heterocycles. The molecule has 6 aliphatic carbocycles. The topological polar surface area (TPSA) is 78.9 Å². The number of carboxylic acid groups (broad SMARTS) is 1. The average molecular weight is 719 g/mol. The number of rotatable bonds is 6. The lowest BCUT2D eigenvalue weighted by Gasteiger charge is -2.72. The summed E-state index contributed by atoms with van der Waals surface area (Å²) in [7, 11) is 0. The standard InChI is InChI=1S/C45H70N2O2.CH2O2.H2/c1-31(2)33-15-22-45(46-26-29-47-27-9-8-10-28-47)24-23-42(6)35(38(33)45)11-12-37-41(5)18-16-34(40(3,4)36(41)17-19-43(37,42)7)32-13-20-44(21-14-32)25-30-49-39(44)48;2-1-3;/h13,16,33,35-38,46H,1,8-12,14-15,17-30H2,2-7H3;1H,(H,2,3);1H/t33-,35+,36-,37+,38+,41-,42+,43+,44?,45-;;/m0../s1. The first-order chi connectivity index (χ1) is 24.7. The average Bonchev–Trinajstić information content (AvgIpc) is 3.67. The number of ether oxygens (including phenoxy) is 1. The first kappa shape index (κ1) is 38.4. The van der Waals surface area contributed by atoms with Crippen LogP contribution in [0.4, 0.5) is 0 Å². The van der Waals surface area contributed by atoms with E-state index in [4.69, 9.17) is 14.6 Å². The summed E-state index contributed by atoms with van der Waals surface area (Å²) in [6, 6.07) is 0. The monoisotopic (exact) mass is 719 g/mol. The highest BCUT2D eigenvalue weighted by Gasteiger charge is 2.70. The molecular formula is C46H74N2O4. The van der Waals surface area contributed by atoms with Crippen molar-refractivity contribution in [3.8, 4) is 0 Å². The summed E-state index contributed by atoms with van der Waals surface area (Å²) in [5, 5.41) is 11.2. The zero-order valence-electron chi connectivity index (χ0n) is 33.8. The minimum absolute atomic E-state index is 0. The molecule has 6 heteroatoms. The predicted octanol–water partition coefficient (Wildman–Crippen LogP) is 10.00. The van der Waals surface area contributed by atoms with Crippen LogP contribution in [0, 0.1) is 56.7 Å². The fourth-order valence-corrected chi connectivity index (χ4v) is 15.4. The maximum Gasteiger partial charge on any atom is 0.312 e. The van der Waals surface area contributed by atoms with Crippen molar-refractivity contribution in [2.24, 2.45) is 56.7 Å². The Hall–Kier alpha value is -1.92. The van der Waals surface area contributed by atoms with Crippen LogP contribution >= 0.6 is 0 Å². The molecule has 0 aromatic carbocycles. The Bertz CT molecular complexity index is 1470. The molecule has 0 aromatic rings. The molecule has 0 radical (unpaired) electrons. The molecule has 8 aliphatic rings. The number of hydrogen-bond acceptors (Lipinski definition) is 5. The number of carbonyl (C=O) groups excluding carboxylic acids is 1. The van der Waals surface area contributed by atoms with Crippen molar-refractivity contribution in [3.63, 3.8) is 0 Å². The van der Waals surface area contributed by atoms with Crippen LogP contribution in [0.5, 0.6) is 0 Å². The highest BCUT2D eigenvalue weighted by Crippen LogP contribution is 2.76. The third kappa shape index (κ3) is 5.84. The van der Waals surface area contributed by atoms with Crippen molar-refractivity contribution in [3.05, 3.63) is 35.5 Å². The Labute approximate surface area is 317 Å². The summed E-state index contributed by atoms with van der Waals surface area (Å²) in [6.07, 6.45) is 25.3. The van der Waals surface area contributed by atoms with Crippen molar-refractivity contribution in [2.45, 2.75) is 150 Å². The van der Waals surface area contributed by atoms with Crippen molar-refractivity contribution < 1.29 is 20.9 Å². The van der Waals surface area contributed by atoms with Gasteiger partial charge in [-0.05, 0) is 179 Å². The van der Waals surface area contributed by atoms with Crippen LogP contribution in [0.2, 0.25) is 0 Å². The molecule has 10 atom stereocenters. The van der Waals surface area contributed by atoms with Crippen LogP contribution in [0.3, 0.4) is 0 Å². The summed E-state index contributed by atoms with van der Waals surface area (Å²) >= 11 is 0. The van der Waals surface area contributed by atoms with Gasteiger partial charge in [0.1, 0.15) is 0 Å². The van der Waals surface area contributed by atoms with Crippen LogP contribution in [0.1, 0.15) is 146 Å². The van der Waals surface area contributed by atoms with Gasteiger partial charge in [0.05, 0.1) is 12.0 Å². The zero-order valence-corrected chi connectivity index (χ0v) is 33.8. The largest absolute Gasteiger partial charge is 0.483 e. The maximum atomic E-state index is 12.6. The molecule has 2 saturated heterocycles. The van der Waals surface area contributed by atoms with E-state index in [2.05, 4.69) is 70.5 Å². The van der Waals surface area contributed by atoms with Gasteiger partial charge in [0.2, 0.25) is 0 Å². The Morgan fingerprint density at radius 2 is 1.69 bits per heavy atom.